The zero-order chi connectivity index (χ0) is 14.0. The van der Waals surface area contributed by atoms with Crippen LogP contribution in [0.25, 0.3) is 0 Å². The summed E-state index contributed by atoms with van der Waals surface area (Å²) in [5, 5.41) is 0.691. The number of ether oxygens (including phenoxy) is 1. The van der Waals surface area contributed by atoms with Gasteiger partial charge in [-0.25, -0.2) is 4.39 Å². The van der Waals surface area contributed by atoms with E-state index in [0.29, 0.717) is 16.1 Å². The fourth-order valence-electron chi connectivity index (χ4n) is 1.97. The molecule has 0 spiro atoms. The van der Waals surface area contributed by atoms with Crippen LogP contribution in [0.5, 0.6) is 5.75 Å². The topological polar surface area (TPSA) is 9.23 Å². The first-order chi connectivity index (χ1) is 8.95. The average molecular weight is 344 g/mol. The summed E-state index contributed by atoms with van der Waals surface area (Å²) in [6.45, 7) is 4.20. The third kappa shape index (κ3) is 3.71. The Hall–Kier alpha value is -1.06. The summed E-state index contributed by atoms with van der Waals surface area (Å²) >= 11 is 9.23. The van der Waals surface area contributed by atoms with Gasteiger partial charge >= 0.3 is 0 Å². The molecule has 0 saturated carbocycles. The number of hydrogen-bond acceptors (Lipinski definition) is 1. The van der Waals surface area contributed by atoms with Crippen LogP contribution >= 0.6 is 27.5 Å². The Morgan fingerprint density at radius 3 is 2.32 bits per heavy atom. The van der Waals surface area contributed by atoms with E-state index in [1.165, 1.54) is 12.1 Å². The van der Waals surface area contributed by atoms with Crippen molar-refractivity contribution in [3.8, 4) is 5.75 Å². The number of benzene rings is 2. The minimum absolute atomic E-state index is 0.280. The molecule has 0 N–H and O–H groups in total. The Balaban J connectivity index is 2.19. The van der Waals surface area contributed by atoms with Gasteiger partial charge in [0, 0.05) is 9.50 Å². The summed E-state index contributed by atoms with van der Waals surface area (Å²) in [6, 6.07) is 8.42. The van der Waals surface area contributed by atoms with Crippen LogP contribution in [-0.4, -0.2) is 0 Å². The summed E-state index contributed by atoms with van der Waals surface area (Å²) in [6.07, 6.45) is 0. The molecular formula is C15H13BrClFO. The molecule has 2 aromatic carbocycles. The highest BCUT2D eigenvalue weighted by atomic mass is 79.9. The van der Waals surface area contributed by atoms with Crippen molar-refractivity contribution >= 4 is 27.5 Å². The zero-order valence-electron chi connectivity index (χ0n) is 10.6. The summed E-state index contributed by atoms with van der Waals surface area (Å²) in [5.74, 6) is 0.516. The Bertz CT molecular complexity index is 570. The van der Waals surface area contributed by atoms with E-state index in [-0.39, 0.29) is 5.82 Å². The lowest BCUT2D eigenvalue weighted by molar-refractivity contribution is 0.301. The van der Waals surface area contributed by atoms with Crippen molar-refractivity contribution in [3.05, 3.63) is 62.3 Å². The van der Waals surface area contributed by atoms with Gasteiger partial charge in [-0.3, -0.25) is 0 Å². The fourth-order valence-corrected chi connectivity index (χ4v) is 2.81. The van der Waals surface area contributed by atoms with Gasteiger partial charge in [0.15, 0.2) is 0 Å². The van der Waals surface area contributed by atoms with Crippen molar-refractivity contribution < 1.29 is 9.13 Å². The first-order valence-electron chi connectivity index (χ1n) is 5.80. The second-order valence-electron chi connectivity index (χ2n) is 4.44. The molecule has 0 radical (unpaired) electrons. The van der Waals surface area contributed by atoms with Gasteiger partial charge in [-0.2, -0.15) is 0 Å². The van der Waals surface area contributed by atoms with Crippen LogP contribution in [-0.2, 0) is 6.61 Å². The van der Waals surface area contributed by atoms with Crippen LogP contribution in [0.1, 0.15) is 16.7 Å². The molecule has 100 valence electrons. The molecule has 0 unspecified atom stereocenters. The molecule has 4 heteroatoms. The van der Waals surface area contributed by atoms with Gasteiger partial charge in [-0.1, -0.05) is 27.5 Å². The van der Waals surface area contributed by atoms with Gasteiger partial charge in [0.1, 0.15) is 18.2 Å². The molecular weight excluding hydrogens is 331 g/mol. The SMILES string of the molecule is Cc1cc(Cl)cc(C)c1OCc1cc(F)cc(Br)c1. The molecule has 0 amide bonds. The Kier molecular flexibility index (Phi) is 4.48. The third-order valence-electron chi connectivity index (χ3n) is 2.73. The highest BCUT2D eigenvalue weighted by molar-refractivity contribution is 9.10. The van der Waals surface area contributed by atoms with Crippen molar-refractivity contribution in [2.24, 2.45) is 0 Å². The lowest BCUT2D eigenvalue weighted by atomic mass is 10.1. The van der Waals surface area contributed by atoms with Crippen LogP contribution in [0.2, 0.25) is 5.02 Å². The Morgan fingerprint density at radius 2 is 1.74 bits per heavy atom. The van der Waals surface area contributed by atoms with Gasteiger partial charge in [0.2, 0.25) is 0 Å². The number of aryl methyl sites for hydroxylation is 2. The smallest absolute Gasteiger partial charge is 0.125 e. The van der Waals surface area contributed by atoms with Crippen molar-refractivity contribution in [2.45, 2.75) is 20.5 Å². The lowest BCUT2D eigenvalue weighted by Crippen LogP contribution is -1.99. The summed E-state index contributed by atoms with van der Waals surface area (Å²) in [5.41, 5.74) is 2.72. The van der Waals surface area contributed by atoms with Crippen LogP contribution in [0, 0.1) is 19.7 Å². The Morgan fingerprint density at radius 1 is 1.11 bits per heavy atom. The molecule has 0 saturated heterocycles. The van der Waals surface area contributed by atoms with Gasteiger partial charge in [0.05, 0.1) is 0 Å². The molecule has 2 aromatic rings. The second-order valence-corrected chi connectivity index (χ2v) is 5.79. The van der Waals surface area contributed by atoms with Gasteiger partial charge in [0.25, 0.3) is 0 Å². The standard InChI is InChI=1S/C15H13BrClFO/c1-9-3-13(17)4-10(2)15(9)19-8-11-5-12(16)7-14(18)6-11/h3-7H,8H2,1-2H3. The van der Waals surface area contributed by atoms with E-state index in [1.54, 1.807) is 0 Å². The van der Waals surface area contributed by atoms with E-state index in [4.69, 9.17) is 16.3 Å². The van der Waals surface area contributed by atoms with E-state index in [9.17, 15) is 4.39 Å². The minimum Gasteiger partial charge on any atom is -0.488 e. The van der Waals surface area contributed by atoms with Gasteiger partial charge in [-0.15, -0.1) is 0 Å². The predicted molar refractivity (Wildman–Crippen MR) is 79.4 cm³/mol. The first-order valence-corrected chi connectivity index (χ1v) is 6.97. The molecule has 1 nitrogen and oxygen atoms in total. The van der Waals surface area contributed by atoms with Crippen molar-refractivity contribution in [2.75, 3.05) is 0 Å². The van der Waals surface area contributed by atoms with Gasteiger partial charge in [-0.05, 0) is 60.9 Å². The van der Waals surface area contributed by atoms with E-state index in [0.717, 1.165) is 22.4 Å². The molecule has 2 rings (SSSR count). The highest BCUT2D eigenvalue weighted by Crippen LogP contribution is 2.28. The third-order valence-corrected chi connectivity index (χ3v) is 3.41. The van der Waals surface area contributed by atoms with E-state index < -0.39 is 0 Å². The largest absolute Gasteiger partial charge is 0.488 e. The fraction of sp³-hybridized carbons (Fsp3) is 0.200. The average Bonchev–Trinajstić information content (AvgIpc) is 2.25. The van der Waals surface area contributed by atoms with Crippen molar-refractivity contribution in [3.63, 3.8) is 0 Å². The normalized spacial score (nSPS) is 10.6. The molecule has 0 aromatic heterocycles. The summed E-state index contributed by atoms with van der Waals surface area (Å²) < 4.78 is 19.7. The molecule has 0 bridgehead atoms. The quantitative estimate of drug-likeness (QED) is 0.721. The maximum atomic E-state index is 13.3. The summed E-state index contributed by atoms with van der Waals surface area (Å²) in [4.78, 5) is 0. The number of halogens is 3. The van der Waals surface area contributed by atoms with Crippen molar-refractivity contribution in [1.29, 1.82) is 0 Å². The van der Waals surface area contributed by atoms with Crippen LogP contribution in [0.15, 0.2) is 34.8 Å². The monoisotopic (exact) mass is 342 g/mol. The molecule has 0 fully saturated rings. The zero-order valence-corrected chi connectivity index (χ0v) is 13.0. The van der Waals surface area contributed by atoms with Gasteiger partial charge < -0.3 is 4.74 Å². The minimum atomic E-state index is -0.280. The molecule has 0 atom stereocenters. The first kappa shape index (κ1) is 14.4. The molecule has 0 aliphatic heterocycles. The predicted octanol–water partition coefficient (Wildman–Crippen LogP) is 5.44. The van der Waals surface area contributed by atoms with Crippen LogP contribution in [0.4, 0.5) is 4.39 Å². The molecule has 0 aliphatic carbocycles. The Labute approximate surface area is 125 Å². The maximum absolute atomic E-state index is 13.3. The van der Waals surface area contributed by atoms with Crippen LogP contribution < -0.4 is 4.74 Å². The summed E-state index contributed by atoms with van der Waals surface area (Å²) in [7, 11) is 0. The lowest BCUT2D eigenvalue weighted by Gasteiger charge is -2.13. The van der Waals surface area contributed by atoms with E-state index in [2.05, 4.69) is 15.9 Å². The molecule has 19 heavy (non-hydrogen) atoms. The number of hydrogen-bond donors (Lipinski definition) is 0. The van der Waals surface area contributed by atoms with E-state index in [1.807, 2.05) is 32.0 Å². The second kappa shape index (κ2) is 5.93. The molecule has 0 aliphatic rings. The molecule has 0 heterocycles. The van der Waals surface area contributed by atoms with E-state index >= 15 is 0 Å². The number of rotatable bonds is 3. The van der Waals surface area contributed by atoms with Crippen molar-refractivity contribution in [1.82, 2.24) is 0 Å². The highest BCUT2D eigenvalue weighted by Gasteiger charge is 2.07. The van der Waals surface area contributed by atoms with Crippen LogP contribution in [0.3, 0.4) is 0 Å². The maximum Gasteiger partial charge on any atom is 0.125 e.